The van der Waals surface area contributed by atoms with E-state index < -0.39 is 0 Å². The number of hydrogen-bond acceptors (Lipinski definition) is 3. The van der Waals surface area contributed by atoms with Crippen molar-refractivity contribution in [2.24, 2.45) is 5.73 Å². The highest BCUT2D eigenvalue weighted by Gasteiger charge is 2.18. The fourth-order valence-electron chi connectivity index (χ4n) is 1.94. The lowest BCUT2D eigenvalue weighted by molar-refractivity contribution is -0.0105. The van der Waals surface area contributed by atoms with Crippen LogP contribution >= 0.6 is 0 Å². The molecule has 0 aromatic carbocycles. The van der Waals surface area contributed by atoms with Gasteiger partial charge in [-0.3, -0.25) is 4.90 Å². The van der Waals surface area contributed by atoms with E-state index in [4.69, 9.17) is 10.5 Å². The first-order valence-electron chi connectivity index (χ1n) is 5.79. The van der Waals surface area contributed by atoms with Crippen LogP contribution in [0.5, 0.6) is 0 Å². The number of nitrogens with zero attached hydrogens (tertiary/aromatic N) is 1. The Morgan fingerprint density at radius 2 is 2.21 bits per heavy atom. The summed E-state index contributed by atoms with van der Waals surface area (Å²) in [6, 6.07) is 0.573. The van der Waals surface area contributed by atoms with Crippen LogP contribution in [-0.2, 0) is 4.74 Å². The van der Waals surface area contributed by atoms with Gasteiger partial charge in [0.1, 0.15) is 0 Å². The monoisotopic (exact) mass is 200 g/mol. The zero-order chi connectivity index (χ0) is 10.4. The van der Waals surface area contributed by atoms with Crippen LogP contribution in [0.3, 0.4) is 0 Å². The van der Waals surface area contributed by atoms with Gasteiger partial charge in [0.05, 0.1) is 6.10 Å². The zero-order valence-electron chi connectivity index (χ0n) is 9.54. The lowest BCUT2D eigenvalue weighted by Gasteiger charge is -2.32. The van der Waals surface area contributed by atoms with Crippen LogP contribution < -0.4 is 5.73 Å². The minimum absolute atomic E-state index is 0.442. The van der Waals surface area contributed by atoms with Crippen LogP contribution in [0.4, 0.5) is 0 Å². The van der Waals surface area contributed by atoms with Gasteiger partial charge in [-0.1, -0.05) is 0 Å². The second-order valence-electron chi connectivity index (χ2n) is 4.37. The molecule has 0 bridgehead atoms. The predicted octanol–water partition coefficient (Wildman–Crippen LogP) is 1.22. The van der Waals surface area contributed by atoms with Crippen molar-refractivity contribution in [3.63, 3.8) is 0 Å². The molecule has 1 aliphatic heterocycles. The summed E-state index contributed by atoms with van der Waals surface area (Å²) < 4.78 is 5.72. The highest BCUT2D eigenvalue weighted by molar-refractivity contribution is 4.72. The maximum Gasteiger partial charge on any atom is 0.0702 e. The van der Waals surface area contributed by atoms with Crippen molar-refractivity contribution >= 4 is 0 Å². The van der Waals surface area contributed by atoms with Gasteiger partial charge in [-0.15, -0.1) is 0 Å². The maximum absolute atomic E-state index is 5.72. The van der Waals surface area contributed by atoms with Crippen molar-refractivity contribution in [1.29, 1.82) is 0 Å². The van der Waals surface area contributed by atoms with E-state index in [1.807, 2.05) is 0 Å². The first-order chi connectivity index (χ1) is 6.74. The standard InChI is InChI=1S/C11H24N2O/c1-10(2)13(7-6-12)9-11-5-3-4-8-14-11/h10-11H,3-9,12H2,1-2H3. The third-order valence-corrected chi connectivity index (χ3v) is 2.86. The highest BCUT2D eigenvalue weighted by Crippen LogP contribution is 2.14. The molecular weight excluding hydrogens is 176 g/mol. The Morgan fingerprint density at radius 3 is 2.71 bits per heavy atom. The van der Waals surface area contributed by atoms with Crippen LogP contribution in [-0.4, -0.2) is 43.3 Å². The predicted molar refractivity (Wildman–Crippen MR) is 59.4 cm³/mol. The third kappa shape index (κ3) is 3.95. The van der Waals surface area contributed by atoms with E-state index in [-0.39, 0.29) is 0 Å². The maximum atomic E-state index is 5.72. The summed E-state index contributed by atoms with van der Waals surface area (Å²) in [5, 5.41) is 0. The van der Waals surface area contributed by atoms with E-state index in [0.29, 0.717) is 12.1 Å². The second kappa shape index (κ2) is 6.38. The summed E-state index contributed by atoms with van der Waals surface area (Å²) in [5.41, 5.74) is 5.59. The van der Waals surface area contributed by atoms with E-state index in [1.165, 1.54) is 19.3 Å². The molecule has 1 unspecified atom stereocenters. The molecule has 3 nitrogen and oxygen atoms in total. The molecule has 1 rings (SSSR count). The molecule has 1 heterocycles. The smallest absolute Gasteiger partial charge is 0.0702 e. The zero-order valence-corrected chi connectivity index (χ0v) is 9.54. The molecule has 1 atom stereocenters. The lowest BCUT2D eigenvalue weighted by Crippen LogP contribution is -2.42. The molecule has 0 amide bonds. The van der Waals surface area contributed by atoms with Crippen molar-refractivity contribution < 1.29 is 4.74 Å². The van der Waals surface area contributed by atoms with Crippen LogP contribution in [0.1, 0.15) is 33.1 Å². The van der Waals surface area contributed by atoms with E-state index in [9.17, 15) is 0 Å². The summed E-state index contributed by atoms with van der Waals surface area (Å²) in [5.74, 6) is 0. The minimum Gasteiger partial charge on any atom is -0.377 e. The first-order valence-corrected chi connectivity index (χ1v) is 5.79. The summed E-state index contributed by atoms with van der Waals surface area (Å²) in [6.07, 6.45) is 4.21. The van der Waals surface area contributed by atoms with E-state index in [0.717, 1.165) is 26.2 Å². The highest BCUT2D eigenvalue weighted by atomic mass is 16.5. The van der Waals surface area contributed by atoms with Gasteiger partial charge in [-0.25, -0.2) is 0 Å². The molecule has 0 spiro atoms. The quantitative estimate of drug-likeness (QED) is 0.725. The Balaban J connectivity index is 2.29. The molecular formula is C11H24N2O. The SMILES string of the molecule is CC(C)N(CCN)CC1CCCCO1. The van der Waals surface area contributed by atoms with Gasteiger partial charge >= 0.3 is 0 Å². The molecule has 0 saturated carbocycles. The van der Waals surface area contributed by atoms with Crippen molar-refractivity contribution in [1.82, 2.24) is 4.90 Å². The Morgan fingerprint density at radius 1 is 1.43 bits per heavy atom. The van der Waals surface area contributed by atoms with Gasteiger partial charge in [0.2, 0.25) is 0 Å². The topological polar surface area (TPSA) is 38.5 Å². The van der Waals surface area contributed by atoms with Crippen molar-refractivity contribution in [2.45, 2.75) is 45.3 Å². The van der Waals surface area contributed by atoms with Gasteiger partial charge in [0.25, 0.3) is 0 Å². The summed E-state index contributed by atoms with van der Waals surface area (Å²) in [6.45, 7) is 8.16. The first kappa shape index (κ1) is 12.0. The van der Waals surface area contributed by atoms with Gasteiger partial charge in [0, 0.05) is 32.3 Å². The minimum atomic E-state index is 0.442. The number of nitrogens with two attached hydrogens (primary N) is 1. The van der Waals surface area contributed by atoms with E-state index in [1.54, 1.807) is 0 Å². The molecule has 0 aliphatic carbocycles. The molecule has 0 radical (unpaired) electrons. The Hall–Kier alpha value is -0.120. The lowest BCUT2D eigenvalue weighted by atomic mass is 10.1. The second-order valence-corrected chi connectivity index (χ2v) is 4.37. The summed E-state index contributed by atoms with van der Waals surface area (Å²) in [7, 11) is 0. The average molecular weight is 200 g/mol. The normalized spacial score (nSPS) is 23.4. The average Bonchev–Trinajstić information content (AvgIpc) is 2.18. The number of hydrogen-bond donors (Lipinski definition) is 1. The molecule has 0 aromatic rings. The van der Waals surface area contributed by atoms with Gasteiger partial charge in [0.15, 0.2) is 0 Å². The molecule has 1 fully saturated rings. The molecule has 0 aromatic heterocycles. The van der Waals surface area contributed by atoms with Gasteiger partial charge < -0.3 is 10.5 Å². The number of ether oxygens (including phenoxy) is 1. The summed E-state index contributed by atoms with van der Waals surface area (Å²) in [4.78, 5) is 2.41. The number of rotatable bonds is 5. The Labute approximate surface area is 87.6 Å². The fourth-order valence-corrected chi connectivity index (χ4v) is 1.94. The van der Waals surface area contributed by atoms with Crippen LogP contribution in [0.25, 0.3) is 0 Å². The Bertz CT molecular complexity index is 144. The largest absolute Gasteiger partial charge is 0.377 e. The van der Waals surface area contributed by atoms with Crippen molar-refractivity contribution in [3.8, 4) is 0 Å². The fraction of sp³-hybridized carbons (Fsp3) is 1.00. The molecule has 3 heteroatoms. The third-order valence-electron chi connectivity index (χ3n) is 2.86. The van der Waals surface area contributed by atoms with Crippen LogP contribution in [0, 0.1) is 0 Å². The molecule has 84 valence electrons. The van der Waals surface area contributed by atoms with Gasteiger partial charge in [-0.2, -0.15) is 0 Å². The molecule has 1 aliphatic rings. The van der Waals surface area contributed by atoms with Crippen LogP contribution in [0.15, 0.2) is 0 Å². The molecule has 14 heavy (non-hydrogen) atoms. The Kier molecular flexibility index (Phi) is 5.45. The molecule has 1 saturated heterocycles. The van der Waals surface area contributed by atoms with E-state index in [2.05, 4.69) is 18.7 Å². The molecule has 2 N–H and O–H groups in total. The van der Waals surface area contributed by atoms with Crippen molar-refractivity contribution in [3.05, 3.63) is 0 Å². The van der Waals surface area contributed by atoms with Crippen molar-refractivity contribution in [2.75, 3.05) is 26.2 Å². The summed E-state index contributed by atoms with van der Waals surface area (Å²) >= 11 is 0. The van der Waals surface area contributed by atoms with Gasteiger partial charge in [-0.05, 0) is 33.1 Å². The van der Waals surface area contributed by atoms with Crippen LogP contribution in [0.2, 0.25) is 0 Å². The van der Waals surface area contributed by atoms with E-state index >= 15 is 0 Å².